The van der Waals surface area contributed by atoms with Crippen LogP contribution in [0.4, 0.5) is 11.4 Å². The first kappa shape index (κ1) is 22.1. The third-order valence-electron chi connectivity index (χ3n) is 5.40. The number of nitrogens with one attached hydrogen (secondary N) is 1. The summed E-state index contributed by atoms with van der Waals surface area (Å²) in [6, 6.07) is 21.8. The first-order valence-corrected chi connectivity index (χ1v) is 10.9. The molecule has 0 saturated heterocycles. The summed E-state index contributed by atoms with van der Waals surface area (Å²) in [7, 11) is 1.58. The third kappa shape index (κ3) is 4.46. The number of nitrogens with zero attached hydrogens (tertiary/aromatic N) is 1. The molecule has 0 radical (unpaired) electrons. The highest BCUT2D eigenvalue weighted by molar-refractivity contribution is 6.46. The lowest BCUT2D eigenvalue weighted by atomic mass is 10.0. The number of para-hydroxylation sites is 1. The quantitative estimate of drug-likeness (QED) is 0.487. The van der Waals surface area contributed by atoms with Crippen LogP contribution in [0.5, 0.6) is 11.5 Å². The Labute approximate surface area is 193 Å². The number of carbonyl (C=O) groups excluding carboxylic acids is 2. The van der Waals surface area contributed by atoms with Gasteiger partial charge in [0.1, 0.15) is 17.2 Å². The molecule has 0 fully saturated rings. The number of aryl methyl sites for hydroxylation is 1. The van der Waals surface area contributed by atoms with Gasteiger partial charge in [-0.25, -0.2) is 4.90 Å². The average molecular weight is 443 g/mol. The Morgan fingerprint density at radius 2 is 1.64 bits per heavy atom. The van der Waals surface area contributed by atoms with E-state index in [2.05, 4.69) is 5.32 Å². The number of benzene rings is 3. The van der Waals surface area contributed by atoms with Gasteiger partial charge in [0.05, 0.1) is 25.0 Å². The molecular formula is C27H26N2O4. The molecule has 2 amide bonds. The summed E-state index contributed by atoms with van der Waals surface area (Å²) in [6.07, 6.45) is 0.903. The van der Waals surface area contributed by atoms with Crippen LogP contribution < -0.4 is 19.7 Å². The summed E-state index contributed by atoms with van der Waals surface area (Å²) in [4.78, 5) is 28.4. The molecule has 168 valence electrons. The van der Waals surface area contributed by atoms with Crippen LogP contribution in [-0.4, -0.2) is 25.5 Å². The van der Waals surface area contributed by atoms with Gasteiger partial charge in [-0.2, -0.15) is 0 Å². The topological polar surface area (TPSA) is 67.9 Å². The number of ether oxygens (including phenoxy) is 2. The lowest BCUT2D eigenvalue weighted by Crippen LogP contribution is -2.33. The molecule has 0 bridgehead atoms. The van der Waals surface area contributed by atoms with Gasteiger partial charge in [-0.15, -0.1) is 0 Å². The van der Waals surface area contributed by atoms with Crippen molar-refractivity contribution in [2.24, 2.45) is 0 Å². The Bertz CT molecular complexity index is 1210. The van der Waals surface area contributed by atoms with Crippen molar-refractivity contribution in [2.75, 3.05) is 23.9 Å². The number of anilines is 2. The number of rotatable bonds is 8. The summed E-state index contributed by atoms with van der Waals surface area (Å²) in [5, 5.41) is 3.17. The van der Waals surface area contributed by atoms with Gasteiger partial charge in [-0.3, -0.25) is 9.59 Å². The summed E-state index contributed by atoms with van der Waals surface area (Å²) in [5.74, 6) is 0.587. The minimum atomic E-state index is -0.404. The second kappa shape index (κ2) is 9.61. The van der Waals surface area contributed by atoms with Crippen LogP contribution in [-0.2, 0) is 9.59 Å². The second-order valence-corrected chi connectivity index (χ2v) is 7.71. The van der Waals surface area contributed by atoms with Gasteiger partial charge in [0, 0.05) is 11.8 Å². The molecule has 3 aromatic carbocycles. The molecule has 1 aliphatic heterocycles. The predicted octanol–water partition coefficient (Wildman–Crippen LogP) is 5.19. The van der Waals surface area contributed by atoms with Crippen LogP contribution in [0.1, 0.15) is 24.5 Å². The van der Waals surface area contributed by atoms with Crippen LogP contribution in [0.15, 0.2) is 78.5 Å². The Morgan fingerprint density at radius 3 is 2.33 bits per heavy atom. The minimum Gasteiger partial charge on any atom is -0.497 e. The molecule has 4 rings (SSSR count). The Morgan fingerprint density at radius 1 is 0.879 bits per heavy atom. The fraction of sp³-hybridized carbons (Fsp3) is 0.185. The van der Waals surface area contributed by atoms with E-state index in [1.54, 1.807) is 31.4 Å². The maximum atomic E-state index is 13.6. The molecule has 0 saturated carbocycles. The van der Waals surface area contributed by atoms with Gasteiger partial charge in [0.2, 0.25) is 0 Å². The van der Waals surface area contributed by atoms with Crippen molar-refractivity contribution in [3.8, 4) is 11.5 Å². The highest BCUT2D eigenvalue weighted by Gasteiger charge is 2.40. The Kier molecular flexibility index (Phi) is 6.45. The average Bonchev–Trinajstić information content (AvgIpc) is 3.07. The highest BCUT2D eigenvalue weighted by Crippen LogP contribution is 2.35. The van der Waals surface area contributed by atoms with Crippen molar-refractivity contribution in [2.45, 2.75) is 20.3 Å². The maximum Gasteiger partial charge on any atom is 0.282 e. The van der Waals surface area contributed by atoms with E-state index in [0.29, 0.717) is 34.9 Å². The molecule has 33 heavy (non-hydrogen) atoms. The zero-order chi connectivity index (χ0) is 23.4. The molecule has 0 unspecified atom stereocenters. The molecular weight excluding hydrogens is 416 g/mol. The Hall–Kier alpha value is -4.06. The fourth-order valence-corrected chi connectivity index (χ4v) is 3.73. The number of imide groups is 1. The smallest absolute Gasteiger partial charge is 0.282 e. The van der Waals surface area contributed by atoms with Crippen molar-refractivity contribution >= 4 is 28.8 Å². The first-order chi connectivity index (χ1) is 16.0. The van der Waals surface area contributed by atoms with E-state index in [4.69, 9.17) is 9.47 Å². The lowest BCUT2D eigenvalue weighted by molar-refractivity contribution is -0.120. The van der Waals surface area contributed by atoms with Crippen LogP contribution in [0.25, 0.3) is 5.57 Å². The summed E-state index contributed by atoms with van der Waals surface area (Å²) in [5.41, 5.74) is 3.22. The molecule has 0 aromatic heterocycles. The summed E-state index contributed by atoms with van der Waals surface area (Å²) in [6.45, 7) is 4.53. The maximum absolute atomic E-state index is 13.6. The van der Waals surface area contributed by atoms with E-state index in [0.717, 1.165) is 17.7 Å². The van der Waals surface area contributed by atoms with Crippen LogP contribution in [0.2, 0.25) is 0 Å². The molecule has 1 N–H and O–H groups in total. The van der Waals surface area contributed by atoms with Gasteiger partial charge in [0.15, 0.2) is 0 Å². The van der Waals surface area contributed by atoms with Crippen molar-refractivity contribution < 1.29 is 19.1 Å². The van der Waals surface area contributed by atoms with E-state index >= 15 is 0 Å². The number of carbonyl (C=O) groups is 2. The summed E-state index contributed by atoms with van der Waals surface area (Å²) < 4.78 is 11.0. The second-order valence-electron chi connectivity index (χ2n) is 7.71. The SMILES string of the molecule is CCCOc1ccc(C2=C(Nc3cccc(OC)c3)C(=O)N(c3ccccc3C)C2=O)cc1. The lowest BCUT2D eigenvalue weighted by Gasteiger charge is -2.17. The normalized spacial score (nSPS) is 13.5. The summed E-state index contributed by atoms with van der Waals surface area (Å²) >= 11 is 0. The zero-order valence-electron chi connectivity index (χ0n) is 18.9. The number of hydrogen-bond donors (Lipinski definition) is 1. The van der Waals surface area contributed by atoms with Crippen LogP contribution >= 0.6 is 0 Å². The van der Waals surface area contributed by atoms with E-state index in [-0.39, 0.29) is 11.6 Å². The number of methoxy groups -OCH3 is 1. The van der Waals surface area contributed by atoms with Gasteiger partial charge < -0.3 is 14.8 Å². The van der Waals surface area contributed by atoms with Crippen molar-refractivity contribution in [1.82, 2.24) is 0 Å². The van der Waals surface area contributed by atoms with Gasteiger partial charge in [-0.05, 0) is 54.8 Å². The molecule has 0 spiro atoms. The molecule has 0 atom stereocenters. The van der Waals surface area contributed by atoms with E-state index in [1.807, 2.05) is 62.4 Å². The number of hydrogen-bond acceptors (Lipinski definition) is 5. The third-order valence-corrected chi connectivity index (χ3v) is 5.40. The first-order valence-electron chi connectivity index (χ1n) is 10.9. The standard InChI is InChI=1S/C27H26N2O4/c1-4-16-33-21-14-12-19(13-15-21)24-25(28-20-9-7-10-22(17-20)32-3)27(31)29(26(24)30)23-11-6-5-8-18(23)2/h5-15,17,28H,4,16H2,1-3H3. The molecule has 6 heteroatoms. The van der Waals surface area contributed by atoms with E-state index in [1.165, 1.54) is 4.90 Å². The molecule has 6 nitrogen and oxygen atoms in total. The van der Waals surface area contributed by atoms with Gasteiger partial charge in [0.25, 0.3) is 11.8 Å². The largest absolute Gasteiger partial charge is 0.497 e. The number of amides is 2. The molecule has 1 aliphatic rings. The van der Waals surface area contributed by atoms with Gasteiger partial charge >= 0.3 is 0 Å². The van der Waals surface area contributed by atoms with Crippen LogP contribution in [0, 0.1) is 6.92 Å². The van der Waals surface area contributed by atoms with E-state index < -0.39 is 5.91 Å². The zero-order valence-corrected chi connectivity index (χ0v) is 18.9. The molecule has 1 heterocycles. The van der Waals surface area contributed by atoms with Crippen molar-refractivity contribution in [3.63, 3.8) is 0 Å². The van der Waals surface area contributed by atoms with Crippen LogP contribution in [0.3, 0.4) is 0 Å². The Balaban J connectivity index is 1.78. The fourth-order valence-electron chi connectivity index (χ4n) is 3.73. The monoisotopic (exact) mass is 442 g/mol. The van der Waals surface area contributed by atoms with Crippen molar-refractivity contribution in [1.29, 1.82) is 0 Å². The minimum absolute atomic E-state index is 0.221. The van der Waals surface area contributed by atoms with E-state index in [9.17, 15) is 9.59 Å². The van der Waals surface area contributed by atoms with Gasteiger partial charge in [-0.1, -0.05) is 43.3 Å². The molecule has 3 aromatic rings. The highest BCUT2D eigenvalue weighted by atomic mass is 16.5. The van der Waals surface area contributed by atoms with Crippen molar-refractivity contribution in [3.05, 3.63) is 89.6 Å². The molecule has 0 aliphatic carbocycles. The predicted molar refractivity (Wildman–Crippen MR) is 129 cm³/mol.